The molecular weight excluding hydrogens is 269 g/mol. The minimum Gasteiger partial charge on any atom is -0.338 e. The van der Waals surface area contributed by atoms with Crippen LogP contribution in [0.3, 0.4) is 0 Å². The van der Waals surface area contributed by atoms with Crippen LogP contribution in [-0.4, -0.2) is 36.1 Å². The van der Waals surface area contributed by atoms with E-state index in [0.29, 0.717) is 18.5 Å². The highest BCUT2D eigenvalue weighted by molar-refractivity contribution is 5.83. The largest absolute Gasteiger partial charge is 0.338 e. The van der Waals surface area contributed by atoms with E-state index in [4.69, 9.17) is 5.73 Å². The Kier molecular flexibility index (Phi) is 4.32. The van der Waals surface area contributed by atoms with Crippen molar-refractivity contribution in [2.45, 2.75) is 31.5 Å². The topological polar surface area (TPSA) is 46.3 Å². The summed E-state index contributed by atoms with van der Waals surface area (Å²) < 4.78 is 39.5. The molecule has 1 heterocycles. The molecular formula is C14H17F3N2O. The number of hydrogen-bond acceptors (Lipinski definition) is 2. The zero-order valence-corrected chi connectivity index (χ0v) is 11.2. The Bertz CT molecular complexity index is 489. The number of hydrogen-bond donors (Lipinski definition) is 1. The molecule has 1 aromatic rings. The molecule has 1 saturated heterocycles. The molecule has 6 heteroatoms. The molecule has 2 N–H and O–H groups in total. The van der Waals surface area contributed by atoms with Crippen molar-refractivity contribution in [3.63, 3.8) is 0 Å². The van der Waals surface area contributed by atoms with Crippen LogP contribution in [0.1, 0.15) is 24.8 Å². The lowest BCUT2D eigenvalue weighted by Crippen LogP contribution is -2.45. The first kappa shape index (κ1) is 14.8. The van der Waals surface area contributed by atoms with Crippen molar-refractivity contribution < 1.29 is 18.0 Å². The van der Waals surface area contributed by atoms with Crippen molar-refractivity contribution in [3.8, 4) is 0 Å². The number of amides is 1. The van der Waals surface area contributed by atoms with Gasteiger partial charge in [0, 0.05) is 18.5 Å². The predicted octanol–water partition coefficient (Wildman–Crippen LogP) is 1.97. The molecule has 1 fully saturated rings. The fourth-order valence-electron chi connectivity index (χ4n) is 2.39. The van der Waals surface area contributed by atoms with Gasteiger partial charge in [-0.25, -0.2) is 13.2 Å². The standard InChI is InChI=1S/C14H17F3N2O/c1-8(9-4-11(16)6-12(17)5-9)13(18)14(20)19-3-2-10(15)7-19/h4-6,8,10,13H,2-3,7,18H2,1H3/t8-,10-,13-/m0/s1. The summed E-state index contributed by atoms with van der Waals surface area (Å²) in [5, 5.41) is 0. The van der Waals surface area contributed by atoms with E-state index in [1.807, 2.05) is 0 Å². The first-order valence-electron chi connectivity index (χ1n) is 6.53. The van der Waals surface area contributed by atoms with Gasteiger partial charge in [-0.2, -0.15) is 0 Å². The summed E-state index contributed by atoms with van der Waals surface area (Å²) in [6.45, 7) is 1.99. The van der Waals surface area contributed by atoms with Crippen LogP contribution in [-0.2, 0) is 4.79 Å². The Balaban J connectivity index is 2.11. The number of nitrogens with two attached hydrogens (primary N) is 1. The predicted molar refractivity (Wildman–Crippen MR) is 68.8 cm³/mol. The molecule has 1 amide bonds. The average Bonchev–Trinajstić information content (AvgIpc) is 2.81. The molecule has 1 aliphatic heterocycles. The molecule has 20 heavy (non-hydrogen) atoms. The highest BCUT2D eigenvalue weighted by Gasteiger charge is 2.32. The van der Waals surface area contributed by atoms with E-state index in [1.165, 1.54) is 4.90 Å². The quantitative estimate of drug-likeness (QED) is 0.923. The molecule has 1 aromatic carbocycles. The summed E-state index contributed by atoms with van der Waals surface area (Å²) in [5.74, 6) is -2.36. The summed E-state index contributed by atoms with van der Waals surface area (Å²) >= 11 is 0. The molecule has 2 rings (SSSR count). The van der Waals surface area contributed by atoms with Crippen molar-refractivity contribution in [3.05, 3.63) is 35.4 Å². The van der Waals surface area contributed by atoms with Crippen molar-refractivity contribution in [2.24, 2.45) is 5.73 Å². The number of benzene rings is 1. The number of halogens is 3. The van der Waals surface area contributed by atoms with Gasteiger partial charge < -0.3 is 10.6 Å². The van der Waals surface area contributed by atoms with Gasteiger partial charge in [0.1, 0.15) is 17.8 Å². The Labute approximate surface area is 115 Å². The van der Waals surface area contributed by atoms with E-state index < -0.39 is 29.8 Å². The number of nitrogens with zero attached hydrogens (tertiary/aromatic N) is 1. The molecule has 110 valence electrons. The maximum absolute atomic E-state index is 13.2. The third-order valence-corrected chi connectivity index (χ3v) is 3.68. The molecule has 0 spiro atoms. The average molecular weight is 286 g/mol. The van der Waals surface area contributed by atoms with E-state index in [9.17, 15) is 18.0 Å². The Morgan fingerprint density at radius 2 is 1.95 bits per heavy atom. The first-order valence-corrected chi connectivity index (χ1v) is 6.53. The monoisotopic (exact) mass is 286 g/mol. The number of likely N-dealkylation sites (tertiary alicyclic amines) is 1. The van der Waals surface area contributed by atoms with E-state index >= 15 is 0 Å². The van der Waals surface area contributed by atoms with Gasteiger partial charge in [-0.3, -0.25) is 4.79 Å². The van der Waals surface area contributed by atoms with Gasteiger partial charge >= 0.3 is 0 Å². The molecule has 0 aromatic heterocycles. The van der Waals surface area contributed by atoms with Crippen LogP contribution >= 0.6 is 0 Å². The lowest BCUT2D eigenvalue weighted by molar-refractivity contribution is -0.132. The second kappa shape index (κ2) is 5.83. The van der Waals surface area contributed by atoms with Crippen molar-refractivity contribution in [1.29, 1.82) is 0 Å². The van der Waals surface area contributed by atoms with Gasteiger partial charge in [0.05, 0.1) is 12.6 Å². The number of alkyl halides is 1. The van der Waals surface area contributed by atoms with Crippen LogP contribution in [0.4, 0.5) is 13.2 Å². The van der Waals surface area contributed by atoms with Crippen LogP contribution in [0.2, 0.25) is 0 Å². The fraction of sp³-hybridized carbons (Fsp3) is 0.500. The summed E-state index contributed by atoms with van der Waals surface area (Å²) in [6, 6.07) is 2.13. The minimum atomic E-state index is -1.02. The van der Waals surface area contributed by atoms with Gasteiger partial charge in [-0.05, 0) is 24.1 Å². The maximum atomic E-state index is 13.2. The van der Waals surface area contributed by atoms with E-state index in [1.54, 1.807) is 6.92 Å². The minimum absolute atomic E-state index is 0.0385. The van der Waals surface area contributed by atoms with Crippen LogP contribution in [0, 0.1) is 11.6 Å². The third kappa shape index (κ3) is 3.12. The van der Waals surface area contributed by atoms with Gasteiger partial charge in [0.15, 0.2) is 0 Å². The van der Waals surface area contributed by atoms with Crippen molar-refractivity contribution in [1.82, 2.24) is 4.90 Å². The van der Waals surface area contributed by atoms with Crippen molar-refractivity contribution >= 4 is 5.91 Å². The summed E-state index contributed by atoms with van der Waals surface area (Å²) in [4.78, 5) is 13.5. The first-order chi connectivity index (χ1) is 9.38. The van der Waals surface area contributed by atoms with Crippen LogP contribution < -0.4 is 5.73 Å². The lowest BCUT2D eigenvalue weighted by Gasteiger charge is -2.25. The Morgan fingerprint density at radius 1 is 1.35 bits per heavy atom. The van der Waals surface area contributed by atoms with Gasteiger partial charge in [-0.1, -0.05) is 6.92 Å². The molecule has 3 atom stereocenters. The second-order valence-electron chi connectivity index (χ2n) is 5.19. The van der Waals surface area contributed by atoms with Crippen molar-refractivity contribution in [2.75, 3.05) is 13.1 Å². The summed E-state index contributed by atoms with van der Waals surface area (Å²) in [7, 11) is 0. The molecule has 0 unspecified atom stereocenters. The number of rotatable bonds is 3. The van der Waals surface area contributed by atoms with E-state index in [0.717, 1.165) is 18.2 Å². The number of carbonyl (C=O) groups excluding carboxylic acids is 1. The fourth-order valence-corrected chi connectivity index (χ4v) is 2.39. The van der Waals surface area contributed by atoms with Crippen LogP contribution in [0.25, 0.3) is 0 Å². The lowest BCUT2D eigenvalue weighted by atomic mass is 9.93. The molecule has 0 bridgehead atoms. The highest BCUT2D eigenvalue weighted by Crippen LogP contribution is 2.23. The molecule has 0 aliphatic carbocycles. The van der Waals surface area contributed by atoms with Gasteiger partial charge in [-0.15, -0.1) is 0 Å². The Morgan fingerprint density at radius 3 is 2.45 bits per heavy atom. The summed E-state index contributed by atoms with van der Waals surface area (Å²) in [6.07, 6.45) is -0.713. The zero-order chi connectivity index (χ0) is 14.9. The van der Waals surface area contributed by atoms with Gasteiger partial charge in [0.2, 0.25) is 5.91 Å². The highest BCUT2D eigenvalue weighted by atomic mass is 19.1. The third-order valence-electron chi connectivity index (χ3n) is 3.68. The second-order valence-corrected chi connectivity index (χ2v) is 5.19. The van der Waals surface area contributed by atoms with Crippen LogP contribution in [0.15, 0.2) is 18.2 Å². The molecule has 3 nitrogen and oxygen atoms in total. The van der Waals surface area contributed by atoms with E-state index in [2.05, 4.69) is 0 Å². The number of carbonyl (C=O) groups is 1. The van der Waals surface area contributed by atoms with Crippen LogP contribution in [0.5, 0.6) is 0 Å². The van der Waals surface area contributed by atoms with E-state index in [-0.39, 0.29) is 12.5 Å². The zero-order valence-electron chi connectivity index (χ0n) is 11.2. The molecule has 1 aliphatic rings. The molecule has 0 radical (unpaired) electrons. The maximum Gasteiger partial charge on any atom is 0.240 e. The summed E-state index contributed by atoms with van der Waals surface area (Å²) in [5.41, 5.74) is 6.18. The smallest absolute Gasteiger partial charge is 0.240 e. The normalized spacial score (nSPS) is 21.9. The van der Waals surface area contributed by atoms with Gasteiger partial charge in [0.25, 0.3) is 0 Å². The Hall–Kier alpha value is -1.56. The SMILES string of the molecule is C[C@@H](c1cc(F)cc(F)c1)[C@H](N)C(=O)N1CC[C@H](F)C1. The molecule has 0 saturated carbocycles.